The van der Waals surface area contributed by atoms with Crippen molar-refractivity contribution in [3.63, 3.8) is 0 Å². The van der Waals surface area contributed by atoms with Crippen LogP contribution in [0.3, 0.4) is 0 Å². The van der Waals surface area contributed by atoms with E-state index in [-0.39, 0.29) is 23.6 Å². The van der Waals surface area contributed by atoms with E-state index in [1.165, 1.54) is 0 Å². The Hall–Kier alpha value is -2.08. The summed E-state index contributed by atoms with van der Waals surface area (Å²) in [5, 5.41) is 3.40. The molecule has 1 N–H and O–H groups in total. The minimum Gasteiger partial charge on any atom is -0.342 e. The molecule has 148 valence electrons. The zero-order chi connectivity index (χ0) is 20.0. The second kappa shape index (κ2) is 9.74. The molecule has 2 rings (SSSR count). The number of carbonyl (C=O) groups excluding carboxylic acids is 3. The van der Waals surface area contributed by atoms with Gasteiger partial charge in [0, 0.05) is 43.7 Å². The van der Waals surface area contributed by atoms with Gasteiger partial charge in [0.2, 0.25) is 11.8 Å². The number of likely N-dealkylation sites (tertiary alicyclic amines) is 1. The van der Waals surface area contributed by atoms with Gasteiger partial charge in [-0.1, -0.05) is 25.4 Å². The maximum atomic E-state index is 12.9. The summed E-state index contributed by atoms with van der Waals surface area (Å²) in [5.74, 6) is -0.0462. The third kappa shape index (κ3) is 6.24. The molecule has 1 heterocycles. The lowest BCUT2D eigenvalue weighted by molar-refractivity contribution is -0.134. The van der Waals surface area contributed by atoms with Gasteiger partial charge in [-0.2, -0.15) is 0 Å². The standard InChI is InChI=1S/C20H28ClN3O3/c1-14(2)13-17(22-19(26)15-6-8-16(21)9-7-15)20(27)23(3)11-12-24-10-4-5-18(24)25/h6-9,14,17H,4-5,10-13H2,1-3H3,(H,22,26). The first-order valence-electron chi connectivity index (χ1n) is 9.37. The Kier molecular flexibility index (Phi) is 7.66. The molecule has 7 heteroatoms. The number of halogens is 1. The van der Waals surface area contributed by atoms with Crippen molar-refractivity contribution < 1.29 is 14.4 Å². The fraction of sp³-hybridized carbons (Fsp3) is 0.550. The normalized spacial score (nSPS) is 15.1. The van der Waals surface area contributed by atoms with E-state index in [4.69, 9.17) is 11.6 Å². The summed E-state index contributed by atoms with van der Waals surface area (Å²) in [4.78, 5) is 40.5. The SMILES string of the molecule is CC(C)CC(NC(=O)c1ccc(Cl)cc1)C(=O)N(C)CCN1CCCC1=O. The molecule has 1 atom stereocenters. The van der Waals surface area contributed by atoms with Gasteiger partial charge in [-0.05, 0) is 43.0 Å². The lowest BCUT2D eigenvalue weighted by Gasteiger charge is -2.27. The van der Waals surface area contributed by atoms with E-state index in [9.17, 15) is 14.4 Å². The highest BCUT2D eigenvalue weighted by atomic mass is 35.5. The molecule has 0 aromatic heterocycles. The number of carbonyl (C=O) groups is 3. The Bertz CT molecular complexity index is 676. The second-order valence-corrected chi connectivity index (χ2v) is 7.84. The van der Waals surface area contributed by atoms with Crippen molar-refractivity contribution in [1.29, 1.82) is 0 Å². The minimum atomic E-state index is -0.604. The molecule has 0 aliphatic carbocycles. The van der Waals surface area contributed by atoms with Crippen molar-refractivity contribution in [3.05, 3.63) is 34.9 Å². The summed E-state index contributed by atoms with van der Waals surface area (Å²) in [5.41, 5.74) is 0.464. The number of benzene rings is 1. The summed E-state index contributed by atoms with van der Waals surface area (Å²) in [6.07, 6.45) is 2.01. The van der Waals surface area contributed by atoms with Crippen LogP contribution < -0.4 is 5.32 Å². The van der Waals surface area contributed by atoms with E-state index in [1.807, 2.05) is 13.8 Å². The van der Waals surface area contributed by atoms with Gasteiger partial charge in [0.05, 0.1) is 0 Å². The number of nitrogens with zero attached hydrogens (tertiary/aromatic N) is 2. The van der Waals surface area contributed by atoms with Crippen LogP contribution in [0.1, 0.15) is 43.5 Å². The molecule has 1 aliphatic heterocycles. The number of hydrogen-bond acceptors (Lipinski definition) is 3. The molecular weight excluding hydrogens is 366 g/mol. The Balaban J connectivity index is 1.98. The van der Waals surface area contributed by atoms with Crippen molar-refractivity contribution in [2.24, 2.45) is 5.92 Å². The Morgan fingerprint density at radius 3 is 2.48 bits per heavy atom. The van der Waals surface area contributed by atoms with E-state index in [0.29, 0.717) is 36.5 Å². The van der Waals surface area contributed by atoms with E-state index in [0.717, 1.165) is 13.0 Å². The molecule has 0 spiro atoms. The largest absolute Gasteiger partial charge is 0.342 e. The van der Waals surface area contributed by atoms with E-state index >= 15 is 0 Å². The van der Waals surface area contributed by atoms with E-state index < -0.39 is 6.04 Å². The monoisotopic (exact) mass is 393 g/mol. The summed E-state index contributed by atoms with van der Waals surface area (Å²) < 4.78 is 0. The molecule has 3 amide bonds. The van der Waals surface area contributed by atoms with Gasteiger partial charge in [-0.25, -0.2) is 0 Å². The second-order valence-electron chi connectivity index (χ2n) is 7.41. The van der Waals surface area contributed by atoms with Gasteiger partial charge in [-0.3, -0.25) is 14.4 Å². The highest BCUT2D eigenvalue weighted by molar-refractivity contribution is 6.30. The molecule has 1 saturated heterocycles. The molecule has 6 nitrogen and oxygen atoms in total. The zero-order valence-corrected chi connectivity index (χ0v) is 17.0. The third-order valence-corrected chi connectivity index (χ3v) is 4.92. The topological polar surface area (TPSA) is 69.7 Å². The first kappa shape index (κ1) is 21.2. The van der Waals surface area contributed by atoms with Crippen molar-refractivity contribution in [1.82, 2.24) is 15.1 Å². The lowest BCUT2D eigenvalue weighted by Crippen LogP contribution is -2.49. The fourth-order valence-electron chi connectivity index (χ4n) is 3.12. The van der Waals surface area contributed by atoms with Gasteiger partial charge < -0.3 is 15.1 Å². The Morgan fingerprint density at radius 2 is 1.93 bits per heavy atom. The molecule has 27 heavy (non-hydrogen) atoms. The summed E-state index contributed by atoms with van der Waals surface area (Å²) in [6.45, 7) is 5.76. The Morgan fingerprint density at radius 1 is 1.26 bits per heavy atom. The van der Waals surface area contributed by atoms with Crippen LogP contribution in [0.15, 0.2) is 24.3 Å². The molecule has 0 radical (unpaired) electrons. The molecule has 1 aliphatic rings. The quantitative estimate of drug-likeness (QED) is 0.737. The maximum Gasteiger partial charge on any atom is 0.251 e. The van der Waals surface area contributed by atoms with Crippen LogP contribution in [-0.2, 0) is 9.59 Å². The molecule has 1 aromatic carbocycles. The molecule has 0 saturated carbocycles. The van der Waals surface area contributed by atoms with E-state index in [2.05, 4.69) is 5.32 Å². The number of likely N-dealkylation sites (N-methyl/N-ethyl adjacent to an activating group) is 1. The lowest BCUT2D eigenvalue weighted by atomic mass is 10.0. The van der Waals surface area contributed by atoms with Crippen LogP contribution in [0.25, 0.3) is 0 Å². The smallest absolute Gasteiger partial charge is 0.251 e. The Labute approximate surface area is 165 Å². The first-order valence-corrected chi connectivity index (χ1v) is 9.75. The van der Waals surface area contributed by atoms with E-state index in [1.54, 1.807) is 41.1 Å². The molecule has 1 fully saturated rings. The zero-order valence-electron chi connectivity index (χ0n) is 16.2. The number of hydrogen-bond donors (Lipinski definition) is 1. The minimum absolute atomic E-state index is 0.141. The van der Waals surface area contributed by atoms with Crippen molar-refractivity contribution in [2.75, 3.05) is 26.7 Å². The van der Waals surface area contributed by atoms with Crippen LogP contribution in [0, 0.1) is 5.92 Å². The van der Waals surface area contributed by atoms with Crippen LogP contribution in [0.2, 0.25) is 5.02 Å². The fourth-order valence-corrected chi connectivity index (χ4v) is 3.25. The van der Waals surface area contributed by atoms with Crippen LogP contribution in [-0.4, -0.2) is 60.2 Å². The summed E-state index contributed by atoms with van der Waals surface area (Å²) in [7, 11) is 1.71. The van der Waals surface area contributed by atoms with Crippen molar-refractivity contribution in [3.8, 4) is 0 Å². The van der Waals surface area contributed by atoms with Gasteiger partial charge in [0.1, 0.15) is 6.04 Å². The number of amides is 3. The predicted molar refractivity (Wildman–Crippen MR) is 106 cm³/mol. The predicted octanol–water partition coefficient (Wildman–Crippen LogP) is 2.57. The van der Waals surface area contributed by atoms with Crippen LogP contribution in [0.4, 0.5) is 0 Å². The highest BCUT2D eigenvalue weighted by Gasteiger charge is 2.26. The van der Waals surface area contributed by atoms with Gasteiger partial charge in [-0.15, -0.1) is 0 Å². The molecular formula is C20H28ClN3O3. The first-order chi connectivity index (χ1) is 12.8. The molecule has 1 unspecified atom stereocenters. The molecule has 0 bridgehead atoms. The van der Waals surface area contributed by atoms with Crippen molar-refractivity contribution in [2.45, 2.75) is 39.2 Å². The summed E-state index contributed by atoms with van der Waals surface area (Å²) >= 11 is 5.86. The average Bonchev–Trinajstić information content (AvgIpc) is 3.03. The number of nitrogens with one attached hydrogen (secondary N) is 1. The van der Waals surface area contributed by atoms with Crippen LogP contribution >= 0.6 is 11.6 Å². The average molecular weight is 394 g/mol. The van der Waals surface area contributed by atoms with Crippen LogP contribution in [0.5, 0.6) is 0 Å². The van der Waals surface area contributed by atoms with Gasteiger partial charge in [0.25, 0.3) is 5.91 Å². The highest BCUT2D eigenvalue weighted by Crippen LogP contribution is 2.13. The number of rotatable bonds is 8. The molecule has 1 aromatic rings. The van der Waals surface area contributed by atoms with Gasteiger partial charge >= 0.3 is 0 Å². The van der Waals surface area contributed by atoms with Gasteiger partial charge in [0.15, 0.2) is 0 Å². The maximum absolute atomic E-state index is 12.9. The third-order valence-electron chi connectivity index (χ3n) is 4.67. The summed E-state index contributed by atoms with van der Waals surface area (Å²) in [6, 6.07) is 5.96. The van der Waals surface area contributed by atoms with Crippen molar-refractivity contribution >= 4 is 29.3 Å².